The summed E-state index contributed by atoms with van der Waals surface area (Å²) in [4.78, 5) is 0. The van der Waals surface area contributed by atoms with Crippen molar-refractivity contribution in [3.8, 4) is 0 Å². The lowest BCUT2D eigenvalue weighted by molar-refractivity contribution is 0.576. The van der Waals surface area contributed by atoms with E-state index in [1.807, 2.05) is 0 Å². The van der Waals surface area contributed by atoms with Crippen molar-refractivity contribution in [1.29, 1.82) is 0 Å². The quantitative estimate of drug-likeness (QED) is 0.460. The molecule has 0 aliphatic heterocycles. The van der Waals surface area contributed by atoms with Gasteiger partial charge in [0, 0.05) is 6.04 Å². The van der Waals surface area contributed by atoms with Crippen molar-refractivity contribution in [1.82, 2.24) is 0 Å². The van der Waals surface area contributed by atoms with E-state index in [-0.39, 0.29) is 0 Å². The highest BCUT2D eigenvalue weighted by atomic mass is 14.7. The third-order valence-corrected chi connectivity index (χ3v) is 2.33. The Morgan fingerprint density at radius 2 is 2.12 bits per heavy atom. The molecule has 1 nitrogen and oxygen atoms in total. The maximum absolute atomic E-state index is 5.77. The molecule has 2 N–H and O–H groups in total. The van der Waals surface area contributed by atoms with Crippen molar-refractivity contribution in [3.63, 3.8) is 0 Å². The fourth-order valence-corrected chi connectivity index (χ4v) is 1.82. The molecule has 3 atom stereocenters. The number of fused-ring (bicyclic) bond motifs is 2. The van der Waals surface area contributed by atoms with E-state index >= 15 is 0 Å². The smallest absolute Gasteiger partial charge is 0.0108 e. The lowest BCUT2D eigenvalue weighted by Gasteiger charge is -2.10. The van der Waals surface area contributed by atoms with Crippen molar-refractivity contribution >= 4 is 0 Å². The van der Waals surface area contributed by atoms with Gasteiger partial charge in [0.25, 0.3) is 0 Å². The van der Waals surface area contributed by atoms with Gasteiger partial charge < -0.3 is 5.73 Å². The van der Waals surface area contributed by atoms with Crippen molar-refractivity contribution in [2.24, 2.45) is 17.6 Å². The topological polar surface area (TPSA) is 26.0 Å². The van der Waals surface area contributed by atoms with Crippen LogP contribution in [-0.4, -0.2) is 6.04 Å². The molecule has 0 aromatic rings. The van der Waals surface area contributed by atoms with E-state index in [4.69, 9.17) is 5.73 Å². The molecule has 1 fully saturated rings. The Balaban J connectivity index is 2.23. The molecule has 1 heteroatoms. The Morgan fingerprint density at radius 3 is 2.38 bits per heavy atom. The molecule has 0 unspecified atom stereocenters. The van der Waals surface area contributed by atoms with Crippen molar-refractivity contribution in [3.05, 3.63) is 12.2 Å². The van der Waals surface area contributed by atoms with Crippen molar-refractivity contribution in [2.45, 2.75) is 18.9 Å². The van der Waals surface area contributed by atoms with Crippen LogP contribution in [0.3, 0.4) is 0 Å². The normalized spacial score (nSPS) is 50.9. The van der Waals surface area contributed by atoms with E-state index in [1.165, 1.54) is 12.8 Å². The fraction of sp³-hybridized carbons (Fsp3) is 0.714. The van der Waals surface area contributed by atoms with Gasteiger partial charge in [0.1, 0.15) is 0 Å². The molecular weight excluding hydrogens is 98.1 g/mol. The van der Waals surface area contributed by atoms with Crippen molar-refractivity contribution in [2.75, 3.05) is 0 Å². The summed E-state index contributed by atoms with van der Waals surface area (Å²) in [6.07, 6.45) is 7.16. The third-order valence-electron chi connectivity index (χ3n) is 2.33. The van der Waals surface area contributed by atoms with Gasteiger partial charge in [0.15, 0.2) is 0 Å². The largest absolute Gasteiger partial charge is 0.327 e. The first-order valence-electron chi connectivity index (χ1n) is 3.30. The van der Waals surface area contributed by atoms with Crippen LogP contribution in [0, 0.1) is 11.8 Å². The zero-order chi connectivity index (χ0) is 5.56. The van der Waals surface area contributed by atoms with Gasteiger partial charge in [-0.2, -0.15) is 0 Å². The molecule has 1 saturated carbocycles. The monoisotopic (exact) mass is 109 g/mol. The zero-order valence-electron chi connectivity index (χ0n) is 4.88. The summed E-state index contributed by atoms with van der Waals surface area (Å²) in [6.45, 7) is 0. The molecule has 44 valence electrons. The highest BCUT2D eigenvalue weighted by Gasteiger charge is 2.32. The zero-order valence-corrected chi connectivity index (χ0v) is 4.88. The average Bonchev–Trinajstić information content (AvgIpc) is 2.23. The molecule has 8 heavy (non-hydrogen) atoms. The molecule has 0 heterocycles. The molecule has 0 radical (unpaired) electrons. The summed E-state index contributed by atoms with van der Waals surface area (Å²) in [5.41, 5.74) is 5.77. The van der Waals surface area contributed by atoms with Gasteiger partial charge in [-0.3, -0.25) is 0 Å². The van der Waals surface area contributed by atoms with Gasteiger partial charge in [-0.25, -0.2) is 0 Å². The standard InChI is InChI=1S/C7H11N/c8-7-4-5-1-2-6(7)3-5/h1-2,5-7H,3-4,8H2/t5-,6+,7-/m0/s1. The third kappa shape index (κ3) is 0.451. The summed E-state index contributed by atoms with van der Waals surface area (Å²) in [5.74, 6) is 1.58. The van der Waals surface area contributed by atoms with E-state index in [0.29, 0.717) is 6.04 Å². The van der Waals surface area contributed by atoms with Crippen LogP contribution in [0.5, 0.6) is 0 Å². The van der Waals surface area contributed by atoms with E-state index < -0.39 is 0 Å². The lowest BCUT2D eigenvalue weighted by Crippen LogP contribution is -2.23. The maximum Gasteiger partial charge on any atom is 0.0108 e. The van der Waals surface area contributed by atoms with Gasteiger partial charge >= 0.3 is 0 Å². The Labute approximate surface area is 49.6 Å². The van der Waals surface area contributed by atoms with E-state index in [0.717, 1.165) is 11.8 Å². The first-order valence-corrected chi connectivity index (χ1v) is 3.30. The van der Waals surface area contributed by atoms with Crippen LogP contribution in [0.15, 0.2) is 12.2 Å². The molecule has 0 amide bonds. The Kier molecular flexibility index (Phi) is 0.770. The SMILES string of the molecule is N[C@H]1C[C@H]2C=C[C@@H]1C2. The van der Waals surface area contributed by atoms with Crippen molar-refractivity contribution < 1.29 is 0 Å². The van der Waals surface area contributed by atoms with Gasteiger partial charge in [-0.15, -0.1) is 0 Å². The molecular formula is C7H11N. The second-order valence-electron chi connectivity index (χ2n) is 2.94. The Morgan fingerprint density at radius 1 is 1.25 bits per heavy atom. The van der Waals surface area contributed by atoms with Gasteiger partial charge in [0.2, 0.25) is 0 Å². The molecule has 0 aromatic carbocycles. The lowest BCUT2D eigenvalue weighted by atomic mass is 10.0. The van der Waals surface area contributed by atoms with E-state index in [1.54, 1.807) is 0 Å². The minimum absolute atomic E-state index is 0.491. The predicted molar refractivity (Wildman–Crippen MR) is 33.3 cm³/mol. The second kappa shape index (κ2) is 1.35. The summed E-state index contributed by atoms with van der Waals surface area (Å²) >= 11 is 0. The first kappa shape index (κ1) is 4.57. The molecule has 2 rings (SSSR count). The van der Waals surface area contributed by atoms with Gasteiger partial charge in [-0.05, 0) is 24.7 Å². The number of hydrogen-bond acceptors (Lipinski definition) is 1. The fourth-order valence-electron chi connectivity index (χ4n) is 1.82. The number of rotatable bonds is 0. The minimum Gasteiger partial charge on any atom is -0.327 e. The molecule has 2 bridgehead atoms. The summed E-state index contributed by atoms with van der Waals surface area (Å²) in [6, 6.07) is 0.491. The van der Waals surface area contributed by atoms with E-state index in [2.05, 4.69) is 12.2 Å². The predicted octanol–water partition coefficient (Wildman–Crippen LogP) is 0.910. The minimum atomic E-state index is 0.491. The molecule has 0 spiro atoms. The first-order chi connectivity index (χ1) is 3.86. The van der Waals surface area contributed by atoms with Crippen LogP contribution in [0.1, 0.15) is 12.8 Å². The summed E-state index contributed by atoms with van der Waals surface area (Å²) in [5, 5.41) is 0. The Bertz CT molecular complexity index is 128. The molecule has 2 aliphatic rings. The summed E-state index contributed by atoms with van der Waals surface area (Å²) < 4.78 is 0. The summed E-state index contributed by atoms with van der Waals surface area (Å²) in [7, 11) is 0. The van der Waals surface area contributed by atoms with Gasteiger partial charge in [0.05, 0.1) is 0 Å². The molecule has 0 saturated heterocycles. The van der Waals surface area contributed by atoms with E-state index in [9.17, 15) is 0 Å². The second-order valence-corrected chi connectivity index (χ2v) is 2.94. The van der Waals surface area contributed by atoms with Crippen LogP contribution in [-0.2, 0) is 0 Å². The molecule has 2 aliphatic carbocycles. The Hall–Kier alpha value is -0.300. The average molecular weight is 109 g/mol. The van der Waals surface area contributed by atoms with Crippen LogP contribution < -0.4 is 5.73 Å². The van der Waals surface area contributed by atoms with Crippen LogP contribution in [0.2, 0.25) is 0 Å². The number of hydrogen-bond donors (Lipinski definition) is 1. The number of allylic oxidation sites excluding steroid dienone is 1. The number of nitrogens with two attached hydrogens (primary N) is 1. The van der Waals surface area contributed by atoms with Crippen LogP contribution in [0.25, 0.3) is 0 Å². The van der Waals surface area contributed by atoms with Gasteiger partial charge in [-0.1, -0.05) is 12.2 Å². The van der Waals surface area contributed by atoms with Crippen LogP contribution in [0.4, 0.5) is 0 Å². The van der Waals surface area contributed by atoms with Crippen LogP contribution >= 0.6 is 0 Å². The molecule has 0 aromatic heterocycles. The highest BCUT2D eigenvalue weighted by molar-refractivity contribution is 5.11. The highest BCUT2D eigenvalue weighted by Crippen LogP contribution is 2.37. The maximum atomic E-state index is 5.77.